The molecule has 2 unspecified atom stereocenters. The summed E-state index contributed by atoms with van der Waals surface area (Å²) >= 11 is 11.2. The molecule has 14 heavy (non-hydrogen) atoms. The molecule has 76 valence electrons. The van der Waals surface area contributed by atoms with Crippen LogP contribution in [0.15, 0.2) is 24.3 Å². The molecule has 2 fully saturated rings. The Kier molecular flexibility index (Phi) is 3.32. The van der Waals surface area contributed by atoms with Gasteiger partial charge < -0.3 is 5.32 Å². The maximum Gasteiger partial charge on any atom is 0.0592 e. The minimum Gasteiger partial charge on any atom is -0.316 e. The van der Waals surface area contributed by atoms with Gasteiger partial charge in [0, 0.05) is 0 Å². The summed E-state index contributed by atoms with van der Waals surface area (Å²) in [4.78, 5) is 0. The topological polar surface area (TPSA) is 12.0 Å². The van der Waals surface area contributed by atoms with E-state index in [1.54, 1.807) is 12.1 Å². The lowest BCUT2D eigenvalue weighted by Crippen LogP contribution is -2.10. The number of fused-ring (bicyclic) bond motifs is 1. The van der Waals surface area contributed by atoms with Crippen LogP contribution in [-0.2, 0) is 0 Å². The molecule has 1 aromatic rings. The van der Waals surface area contributed by atoms with E-state index in [2.05, 4.69) is 5.32 Å². The summed E-state index contributed by atoms with van der Waals surface area (Å²) < 4.78 is 0. The normalized spacial score (nSPS) is 27.6. The molecule has 3 rings (SSSR count). The van der Waals surface area contributed by atoms with Gasteiger partial charge >= 0.3 is 0 Å². The number of rotatable bonds is 0. The van der Waals surface area contributed by atoms with Gasteiger partial charge in [-0.05, 0) is 43.5 Å². The standard InChI is InChI=1S/C6H4Cl2.C5H9N/c7-5-3-1-2-4-6(5)8;1-4-2-6-3-5(1)4/h1-4H;4-6H,1-3H2. The molecular weight excluding hydrogens is 217 g/mol. The third kappa shape index (κ3) is 2.63. The van der Waals surface area contributed by atoms with E-state index in [0.29, 0.717) is 10.0 Å². The smallest absolute Gasteiger partial charge is 0.0592 e. The largest absolute Gasteiger partial charge is 0.316 e. The lowest BCUT2D eigenvalue weighted by Gasteiger charge is -1.88. The highest BCUT2D eigenvalue weighted by Crippen LogP contribution is 2.40. The van der Waals surface area contributed by atoms with Crippen molar-refractivity contribution in [1.29, 1.82) is 0 Å². The van der Waals surface area contributed by atoms with Gasteiger partial charge in [-0.15, -0.1) is 0 Å². The number of piperidine rings is 1. The second-order valence-corrected chi connectivity index (χ2v) is 4.64. The van der Waals surface area contributed by atoms with Crippen LogP contribution in [0.5, 0.6) is 0 Å². The molecule has 1 saturated heterocycles. The van der Waals surface area contributed by atoms with E-state index in [1.807, 2.05) is 12.1 Å². The SMILES string of the molecule is C1NCC2CC12.Clc1ccccc1Cl. The average molecular weight is 230 g/mol. The van der Waals surface area contributed by atoms with Gasteiger partial charge in [-0.3, -0.25) is 0 Å². The van der Waals surface area contributed by atoms with Crippen LogP contribution in [-0.4, -0.2) is 13.1 Å². The number of hydrogen-bond donors (Lipinski definition) is 1. The zero-order chi connectivity index (χ0) is 9.97. The van der Waals surface area contributed by atoms with E-state index in [4.69, 9.17) is 23.2 Å². The lowest BCUT2D eigenvalue weighted by molar-refractivity contribution is 0.732. The Labute approximate surface area is 94.4 Å². The van der Waals surface area contributed by atoms with Crippen molar-refractivity contribution in [3.05, 3.63) is 34.3 Å². The molecule has 1 N–H and O–H groups in total. The van der Waals surface area contributed by atoms with E-state index in [9.17, 15) is 0 Å². The fourth-order valence-electron chi connectivity index (χ4n) is 1.70. The number of benzene rings is 1. The summed E-state index contributed by atoms with van der Waals surface area (Å²) in [7, 11) is 0. The first-order chi connectivity index (χ1) is 6.77. The Bertz CT molecular complexity index is 285. The van der Waals surface area contributed by atoms with Gasteiger partial charge in [0.05, 0.1) is 10.0 Å². The third-order valence-corrected chi connectivity index (χ3v) is 3.46. The van der Waals surface area contributed by atoms with Crippen LogP contribution in [0.25, 0.3) is 0 Å². The van der Waals surface area contributed by atoms with Crippen LogP contribution in [0.2, 0.25) is 10.0 Å². The van der Waals surface area contributed by atoms with Crippen LogP contribution < -0.4 is 5.32 Å². The van der Waals surface area contributed by atoms with Crippen molar-refractivity contribution in [2.45, 2.75) is 6.42 Å². The summed E-state index contributed by atoms with van der Waals surface area (Å²) in [6.45, 7) is 2.62. The summed E-state index contributed by atoms with van der Waals surface area (Å²) in [5.41, 5.74) is 0. The maximum atomic E-state index is 5.58. The minimum atomic E-state index is 0.606. The molecule has 1 nitrogen and oxygen atoms in total. The Hall–Kier alpha value is -0.240. The van der Waals surface area contributed by atoms with Gasteiger partial charge in [0.15, 0.2) is 0 Å². The zero-order valence-electron chi connectivity index (χ0n) is 7.84. The molecular formula is C11H13Cl2N. The quantitative estimate of drug-likeness (QED) is 0.721. The first kappa shape index (κ1) is 10.3. The van der Waals surface area contributed by atoms with Crippen molar-refractivity contribution in [2.75, 3.05) is 13.1 Å². The molecule has 1 heterocycles. The highest BCUT2D eigenvalue weighted by atomic mass is 35.5. The number of hydrogen-bond acceptors (Lipinski definition) is 1. The summed E-state index contributed by atoms with van der Waals surface area (Å²) in [5, 5.41) is 4.53. The number of halogens is 2. The van der Waals surface area contributed by atoms with Crippen LogP contribution >= 0.6 is 23.2 Å². The van der Waals surface area contributed by atoms with Crippen molar-refractivity contribution in [2.24, 2.45) is 11.8 Å². The average Bonchev–Trinajstić information content (AvgIpc) is 2.80. The second-order valence-electron chi connectivity index (χ2n) is 3.83. The van der Waals surface area contributed by atoms with Crippen molar-refractivity contribution in [3.8, 4) is 0 Å². The maximum absolute atomic E-state index is 5.58. The first-order valence-electron chi connectivity index (χ1n) is 4.88. The van der Waals surface area contributed by atoms with Crippen LogP contribution in [0.4, 0.5) is 0 Å². The molecule has 1 saturated carbocycles. The van der Waals surface area contributed by atoms with Gasteiger partial charge in [0.2, 0.25) is 0 Å². The fraction of sp³-hybridized carbons (Fsp3) is 0.455. The van der Waals surface area contributed by atoms with E-state index < -0.39 is 0 Å². The summed E-state index contributed by atoms with van der Waals surface area (Å²) in [5.74, 6) is 2.20. The molecule has 2 atom stereocenters. The highest BCUT2D eigenvalue weighted by Gasteiger charge is 2.40. The van der Waals surface area contributed by atoms with E-state index in [-0.39, 0.29) is 0 Å². The van der Waals surface area contributed by atoms with Gasteiger partial charge in [-0.1, -0.05) is 35.3 Å². The molecule has 0 spiro atoms. The first-order valence-corrected chi connectivity index (χ1v) is 5.63. The van der Waals surface area contributed by atoms with Gasteiger partial charge in [-0.2, -0.15) is 0 Å². The third-order valence-electron chi connectivity index (χ3n) is 2.71. The molecule has 0 aromatic heterocycles. The molecule has 2 aliphatic rings. The predicted molar refractivity (Wildman–Crippen MR) is 60.9 cm³/mol. The molecule has 1 aromatic carbocycles. The van der Waals surface area contributed by atoms with Crippen molar-refractivity contribution in [1.82, 2.24) is 5.32 Å². The predicted octanol–water partition coefficient (Wildman–Crippen LogP) is 3.22. The minimum absolute atomic E-state index is 0.606. The van der Waals surface area contributed by atoms with Gasteiger partial charge in [0.25, 0.3) is 0 Å². The Morgan fingerprint density at radius 3 is 1.71 bits per heavy atom. The number of nitrogens with one attached hydrogen (secondary N) is 1. The van der Waals surface area contributed by atoms with Crippen molar-refractivity contribution < 1.29 is 0 Å². The monoisotopic (exact) mass is 229 g/mol. The Balaban J connectivity index is 0.000000110. The van der Waals surface area contributed by atoms with Crippen molar-refractivity contribution >= 4 is 23.2 Å². The second kappa shape index (κ2) is 4.52. The molecule has 1 aliphatic carbocycles. The molecule has 0 bridgehead atoms. The van der Waals surface area contributed by atoms with Crippen LogP contribution in [0.3, 0.4) is 0 Å². The van der Waals surface area contributed by atoms with E-state index in [1.165, 1.54) is 19.5 Å². The molecule has 3 heteroatoms. The van der Waals surface area contributed by atoms with E-state index >= 15 is 0 Å². The van der Waals surface area contributed by atoms with Crippen LogP contribution in [0.1, 0.15) is 6.42 Å². The Morgan fingerprint density at radius 1 is 1.00 bits per heavy atom. The Morgan fingerprint density at radius 2 is 1.50 bits per heavy atom. The summed E-state index contributed by atoms with van der Waals surface area (Å²) in [6, 6.07) is 7.19. The zero-order valence-corrected chi connectivity index (χ0v) is 9.35. The van der Waals surface area contributed by atoms with Crippen molar-refractivity contribution in [3.63, 3.8) is 0 Å². The lowest BCUT2D eigenvalue weighted by atomic mass is 10.4. The molecule has 0 radical (unpaired) electrons. The fourth-order valence-corrected chi connectivity index (χ4v) is 1.98. The molecule has 1 aliphatic heterocycles. The van der Waals surface area contributed by atoms with Crippen LogP contribution in [0, 0.1) is 11.8 Å². The molecule has 0 amide bonds. The summed E-state index contributed by atoms with van der Waals surface area (Å²) in [6.07, 6.45) is 1.52. The highest BCUT2D eigenvalue weighted by molar-refractivity contribution is 6.41. The van der Waals surface area contributed by atoms with Gasteiger partial charge in [0.1, 0.15) is 0 Å². The van der Waals surface area contributed by atoms with E-state index in [0.717, 1.165) is 11.8 Å². The van der Waals surface area contributed by atoms with Gasteiger partial charge in [-0.25, -0.2) is 0 Å².